The summed E-state index contributed by atoms with van der Waals surface area (Å²) in [4.78, 5) is 8.48. The van der Waals surface area contributed by atoms with Crippen LogP contribution in [0, 0.1) is 12.7 Å². The Morgan fingerprint density at radius 2 is 2.19 bits per heavy atom. The second-order valence-electron chi connectivity index (χ2n) is 7.65. The first-order valence-corrected chi connectivity index (χ1v) is 11.7. The number of nitrogens with one attached hydrogen (secondary N) is 1. The molecule has 0 bridgehead atoms. The van der Waals surface area contributed by atoms with E-state index in [2.05, 4.69) is 25.6 Å². The molecule has 0 radical (unpaired) electrons. The Kier molecular flexibility index (Phi) is 3.93. The van der Waals surface area contributed by atoms with Crippen molar-refractivity contribution in [1.29, 1.82) is 0 Å². The highest BCUT2D eigenvalue weighted by Crippen LogP contribution is 2.44. The van der Waals surface area contributed by atoms with Crippen LogP contribution in [0.15, 0.2) is 23.3 Å². The summed E-state index contributed by atoms with van der Waals surface area (Å²) in [7, 11) is 0. The molecule has 0 saturated heterocycles. The quantitative estimate of drug-likeness (QED) is 0.227. The molecule has 10 nitrogen and oxygen atoms in total. The summed E-state index contributed by atoms with van der Waals surface area (Å²) < 4.78 is 137. The highest BCUT2D eigenvalue weighted by Gasteiger charge is 2.45. The fourth-order valence-corrected chi connectivity index (χ4v) is 3.96. The third kappa shape index (κ3) is 4.92. The van der Waals surface area contributed by atoms with Crippen LogP contribution in [-0.4, -0.2) is 83.5 Å². The Bertz CT molecular complexity index is 1860. The van der Waals surface area contributed by atoms with Crippen LogP contribution in [0.5, 0.6) is 0 Å². The predicted molar refractivity (Wildman–Crippen MR) is 133 cm³/mol. The topological polar surface area (TPSA) is 138 Å². The fourth-order valence-electron chi connectivity index (χ4n) is 3.27. The van der Waals surface area contributed by atoms with Gasteiger partial charge < -0.3 is 25.4 Å². The first-order valence-electron chi connectivity index (χ1n) is 17.7. The smallest absolute Gasteiger partial charge is 0.191 e. The highest BCUT2D eigenvalue weighted by atomic mass is 32.2. The monoisotopic (exact) mass is 532 g/mol. The second-order valence-corrected chi connectivity index (χ2v) is 8.71. The second kappa shape index (κ2) is 10.5. The lowest BCUT2D eigenvalue weighted by molar-refractivity contribution is -0.0629. The van der Waals surface area contributed by atoms with Gasteiger partial charge in [0.2, 0.25) is 0 Å². The van der Waals surface area contributed by atoms with E-state index in [-0.39, 0.29) is 15.4 Å². The molecule has 12 heteroatoms. The van der Waals surface area contributed by atoms with E-state index in [4.69, 9.17) is 23.9 Å². The van der Waals surface area contributed by atoms with Gasteiger partial charge in [-0.15, -0.1) is 5.10 Å². The average Bonchev–Trinajstić information content (AvgIpc) is 3.26. The molecule has 2 aliphatic carbocycles. The number of hydrogen-bond acceptors (Lipinski definition) is 10. The van der Waals surface area contributed by atoms with Crippen LogP contribution in [-0.2, 0) is 4.74 Å². The molecule has 2 fully saturated rings. The van der Waals surface area contributed by atoms with Crippen molar-refractivity contribution in [3.05, 3.63) is 35.1 Å². The lowest BCUT2D eigenvalue weighted by Gasteiger charge is -2.17. The molecule has 2 aliphatic rings. The van der Waals surface area contributed by atoms with Crippen molar-refractivity contribution >= 4 is 28.7 Å². The number of hydrogen-bond donors (Lipinski definition) is 4. The average molecular weight is 533 g/mol. The molecule has 3 aromatic rings. The van der Waals surface area contributed by atoms with Crippen molar-refractivity contribution in [3.8, 4) is 0 Å². The Balaban J connectivity index is 1.69. The fraction of sp³-hybridized carbons (Fsp3) is 0.583. The van der Waals surface area contributed by atoms with Gasteiger partial charge in [-0.25, -0.2) is 19.0 Å². The van der Waals surface area contributed by atoms with Crippen molar-refractivity contribution in [2.75, 3.05) is 24.2 Å². The van der Waals surface area contributed by atoms with E-state index in [1.165, 1.54) is 0 Å². The van der Waals surface area contributed by atoms with Crippen LogP contribution >= 0.6 is 11.8 Å². The molecule has 2 heterocycles. The third-order valence-corrected chi connectivity index (χ3v) is 6.15. The minimum atomic E-state index is -4.08. The van der Waals surface area contributed by atoms with Crippen LogP contribution < -0.4 is 5.32 Å². The molecule has 0 aliphatic heterocycles. The zero-order valence-corrected chi connectivity index (χ0v) is 19.8. The zero-order valence-electron chi connectivity index (χ0n) is 33.0. The van der Waals surface area contributed by atoms with Gasteiger partial charge in [0, 0.05) is 30.9 Å². The molecule has 1 aromatic carbocycles. The number of benzene rings is 1. The molecule has 0 spiro atoms. The molecule has 6 atom stereocenters. The van der Waals surface area contributed by atoms with Crippen LogP contribution in [0.1, 0.15) is 68.3 Å². The maximum atomic E-state index is 14.9. The third-order valence-electron chi connectivity index (χ3n) is 5.10. The molecule has 5 rings (SSSR count). The molecule has 36 heavy (non-hydrogen) atoms. The van der Waals surface area contributed by atoms with Gasteiger partial charge >= 0.3 is 0 Å². The number of fused-ring (bicyclic) bond motifs is 1. The molecule has 0 unspecified atom stereocenters. The van der Waals surface area contributed by atoms with E-state index in [1.807, 2.05) is 0 Å². The number of nitrogens with zero attached hydrogens (tertiary/aromatic N) is 5. The number of anilines is 1. The zero-order chi connectivity index (χ0) is 38.0. The molecule has 2 saturated carbocycles. The molecule has 194 valence electrons. The number of aromatic nitrogens is 5. The summed E-state index contributed by atoms with van der Waals surface area (Å²) in [6.45, 7) is -1.83. The summed E-state index contributed by atoms with van der Waals surface area (Å²) in [5, 5.41) is 41.6. The maximum Gasteiger partial charge on any atom is 0.191 e. The molecule has 0 amide bonds. The van der Waals surface area contributed by atoms with Gasteiger partial charge in [-0.1, -0.05) is 36.0 Å². The van der Waals surface area contributed by atoms with Crippen molar-refractivity contribution in [1.82, 2.24) is 25.0 Å². The van der Waals surface area contributed by atoms with Gasteiger partial charge in [-0.2, -0.15) is 0 Å². The standard InChI is InChI=1S/C24H31FN6O4S/c1-3-8-36-24-27-22(26-16-10-14(16)13-5-4-12(2)15(25)9-13)19-23(28-24)31(30-29-19)17-11-18(35-7-6-32)21(34)20(17)33/h4-5,9,14,16-18,20-21,32-34H,3,6-8,10-11H2,1-2H3,(H,26,27,28)/t14-,16+,17+,18-,20-,21+/m0/s1/i4D,5D,6D2,9D,10D2,11D2,14D,17D,18D,20D,21D. The number of ether oxygens (including phenoxy) is 1. The normalized spacial score (nSPS) is 46.7. The largest absolute Gasteiger partial charge is 0.394 e. The summed E-state index contributed by atoms with van der Waals surface area (Å²) in [6, 6.07) is -7.82. The summed E-state index contributed by atoms with van der Waals surface area (Å²) in [5.74, 6) is -3.84. The minimum Gasteiger partial charge on any atom is -0.394 e. The van der Waals surface area contributed by atoms with Gasteiger partial charge in [0.25, 0.3) is 0 Å². The highest BCUT2D eigenvalue weighted by molar-refractivity contribution is 7.99. The van der Waals surface area contributed by atoms with Crippen LogP contribution in [0.3, 0.4) is 0 Å². The van der Waals surface area contributed by atoms with Crippen LogP contribution in [0.25, 0.3) is 11.2 Å². The summed E-state index contributed by atoms with van der Waals surface area (Å²) in [5.41, 5.74) is -2.24. The SMILES string of the molecule is [2H]c1c([2H])c([C@@]2([2H])[C@H](Nc3nc(SCCC)nc4c3nnn4[C@]3([2H])C([2H])([2H])[C@]([2H])(OCC([2H])([2H])O)[C@@]([2H])(O)[C@@]3([2H])O)C2([2H])[2H])c([2H])c(F)c1C. The summed E-state index contributed by atoms with van der Waals surface area (Å²) in [6.07, 6.45) is -18.0. The van der Waals surface area contributed by atoms with Gasteiger partial charge in [0.05, 0.1) is 37.6 Å². The molecule has 2 aromatic heterocycles. The Labute approximate surface area is 232 Å². The van der Waals surface area contributed by atoms with E-state index < -0.39 is 109 Å². The minimum absolute atomic E-state index is 0.168. The Morgan fingerprint density at radius 1 is 1.36 bits per heavy atom. The van der Waals surface area contributed by atoms with Crippen LogP contribution in [0.4, 0.5) is 10.2 Å². The van der Waals surface area contributed by atoms with Crippen LogP contribution in [0.2, 0.25) is 0 Å². The van der Waals surface area contributed by atoms with E-state index in [9.17, 15) is 19.7 Å². The van der Waals surface area contributed by atoms with Gasteiger partial charge in [-0.05, 0) is 36.9 Å². The van der Waals surface area contributed by atoms with E-state index in [0.717, 1.165) is 18.7 Å². The number of thioether (sulfide) groups is 1. The van der Waals surface area contributed by atoms with Gasteiger partial charge in [0.1, 0.15) is 18.0 Å². The van der Waals surface area contributed by atoms with Crippen molar-refractivity contribution < 1.29 is 43.6 Å². The van der Waals surface area contributed by atoms with Gasteiger partial charge in [0.15, 0.2) is 22.1 Å². The molecular formula is C24H31FN6O4S. The predicted octanol–water partition coefficient (Wildman–Crippen LogP) is 2.18. The summed E-state index contributed by atoms with van der Waals surface area (Å²) >= 11 is 0.979. The maximum absolute atomic E-state index is 14.9. The van der Waals surface area contributed by atoms with E-state index in [0.29, 0.717) is 12.2 Å². The Morgan fingerprint density at radius 3 is 2.97 bits per heavy atom. The number of halogens is 1. The van der Waals surface area contributed by atoms with E-state index in [1.54, 1.807) is 6.92 Å². The lowest BCUT2D eigenvalue weighted by Crippen LogP contribution is -2.33. The molecular weight excluding hydrogens is 487 g/mol. The van der Waals surface area contributed by atoms with Crippen molar-refractivity contribution in [2.45, 2.75) is 74.4 Å². The van der Waals surface area contributed by atoms with Crippen molar-refractivity contribution in [3.63, 3.8) is 0 Å². The van der Waals surface area contributed by atoms with Gasteiger partial charge in [-0.3, -0.25) is 0 Å². The first-order chi connectivity index (χ1) is 22.6. The van der Waals surface area contributed by atoms with E-state index >= 15 is 0 Å². The van der Waals surface area contributed by atoms with Crippen molar-refractivity contribution in [2.24, 2.45) is 0 Å². The molecule has 4 N–H and O–H groups in total. The lowest BCUT2D eigenvalue weighted by atomic mass is 10.1. The first kappa shape index (κ1) is 13.4. The number of aliphatic hydroxyl groups is 3. The Hall–Kier alpha value is -2.38. The number of rotatable bonds is 10.